The minimum atomic E-state index is -0.153. The normalized spacial score (nSPS) is 15.2. The zero-order valence-electron chi connectivity index (χ0n) is 12.8. The van der Waals surface area contributed by atoms with Gasteiger partial charge in [0.2, 0.25) is 0 Å². The molecule has 21 heavy (non-hydrogen) atoms. The van der Waals surface area contributed by atoms with Crippen molar-refractivity contribution in [3.8, 4) is 0 Å². The molecule has 1 amide bonds. The Morgan fingerprint density at radius 1 is 1.43 bits per heavy atom. The van der Waals surface area contributed by atoms with E-state index in [1.807, 2.05) is 13.8 Å². The Morgan fingerprint density at radius 2 is 2.05 bits per heavy atom. The minimum Gasteiger partial charge on any atom is -0.354 e. The number of hydrogen-bond donors (Lipinski definition) is 3. The van der Waals surface area contributed by atoms with Gasteiger partial charge in [-0.2, -0.15) is 0 Å². The first kappa shape index (κ1) is 17.7. The number of carbonyl (C=O) groups excluding carboxylic acids is 2. The highest BCUT2D eigenvalue weighted by molar-refractivity contribution is 6.02. The largest absolute Gasteiger partial charge is 0.354 e. The number of aromatic nitrogens is 1. The quantitative estimate of drug-likeness (QED) is 0.702. The summed E-state index contributed by atoms with van der Waals surface area (Å²) in [5, 5.41) is 2.99. The number of H-pyrrole nitrogens is 1. The maximum Gasteiger partial charge on any atom is 0.268 e. The van der Waals surface area contributed by atoms with Crippen LogP contribution in [-0.2, 0) is 6.42 Å². The number of rotatable bonds is 6. The highest BCUT2D eigenvalue weighted by Gasteiger charge is 2.32. The Morgan fingerprint density at radius 3 is 2.48 bits per heavy atom. The molecule has 6 heteroatoms. The summed E-state index contributed by atoms with van der Waals surface area (Å²) < 4.78 is 0. The lowest BCUT2D eigenvalue weighted by molar-refractivity contribution is 0.0928. The summed E-state index contributed by atoms with van der Waals surface area (Å²) >= 11 is 0. The fourth-order valence-corrected chi connectivity index (χ4v) is 2.81. The van der Waals surface area contributed by atoms with Crippen molar-refractivity contribution in [1.82, 2.24) is 10.3 Å². The van der Waals surface area contributed by atoms with Crippen molar-refractivity contribution in [2.45, 2.75) is 46.1 Å². The molecule has 118 valence electrons. The van der Waals surface area contributed by atoms with E-state index in [9.17, 15) is 9.59 Å². The SMILES string of the molecule is CCc1c(C(=O)NC(CN)C2CC2)[nH]c(C)c1C(C)=O.Cl. The molecule has 0 saturated heterocycles. The highest BCUT2D eigenvalue weighted by Crippen LogP contribution is 2.32. The topological polar surface area (TPSA) is 88.0 Å². The molecular weight excluding hydrogens is 290 g/mol. The number of amides is 1. The molecule has 0 aliphatic heterocycles. The molecule has 1 aromatic rings. The zero-order valence-corrected chi connectivity index (χ0v) is 13.6. The van der Waals surface area contributed by atoms with Gasteiger partial charge in [-0.1, -0.05) is 6.92 Å². The summed E-state index contributed by atoms with van der Waals surface area (Å²) in [6.45, 7) is 5.77. The molecule has 1 fully saturated rings. The van der Waals surface area contributed by atoms with Gasteiger partial charge in [0.15, 0.2) is 5.78 Å². The van der Waals surface area contributed by atoms with Gasteiger partial charge in [-0.3, -0.25) is 9.59 Å². The smallest absolute Gasteiger partial charge is 0.268 e. The van der Waals surface area contributed by atoms with Gasteiger partial charge in [0.25, 0.3) is 5.91 Å². The molecule has 1 aromatic heterocycles. The van der Waals surface area contributed by atoms with Crippen LogP contribution in [-0.4, -0.2) is 29.3 Å². The molecule has 1 unspecified atom stereocenters. The van der Waals surface area contributed by atoms with Crippen molar-refractivity contribution in [2.75, 3.05) is 6.54 Å². The van der Waals surface area contributed by atoms with Gasteiger partial charge in [-0.25, -0.2) is 0 Å². The van der Waals surface area contributed by atoms with Crippen molar-refractivity contribution in [3.05, 3.63) is 22.5 Å². The monoisotopic (exact) mass is 313 g/mol. The molecule has 1 saturated carbocycles. The summed E-state index contributed by atoms with van der Waals surface area (Å²) in [4.78, 5) is 27.2. The Kier molecular flexibility index (Phi) is 5.98. The Bertz CT molecular complexity index is 535. The Labute approximate surface area is 131 Å². The van der Waals surface area contributed by atoms with Crippen molar-refractivity contribution in [1.29, 1.82) is 0 Å². The highest BCUT2D eigenvalue weighted by atomic mass is 35.5. The van der Waals surface area contributed by atoms with E-state index in [2.05, 4.69) is 10.3 Å². The van der Waals surface area contributed by atoms with Crippen LogP contribution in [0.2, 0.25) is 0 Å². The third-order valence-corrected chi connectivity index (χ3v) is 3.99. The van der Waals surface area contributed by atoms with Gasteiger partial charge in [0, 0.05) is 23.8 Å². The molecule has 0 radical (unpaired) electrons. The van der Waals surface area contributed by atoms with E-state index in [0.29, 0.717) is 30.1 Å². The van der Waals surface area contributed by atoms with Crippen molar-refractivity contribution in [2.24, 2.45) is 11.7 Å². The van der Waals surface area contributed by atoms with Crippen LogP contribution in [0.25, 0.3) is 0 Å². The molecule has 2 rings (SSSR count). The first-order valence-corrected chi connectivity index (χ1v) is 7.22. The van der Waals surface area contributed by atoms with Crippen molar-refractivity contribution < 1.29 is 9.59 Å². The molecular formula is C15H24ClN3O2. The van der Waals surface area contributed by atoms with Gasteiger partial charge >= 0.3 is 0 Å². The van der Waals surface area contributed by atoms with Crippen LogP contribution >= 0.6 is 12.4 Å². The summed E-state index contributed by atoms with van der Waals surface area (Å²) in [6.07, 6.45) is 2.91. The average Bonchev–Trinajstić information content (AvgIpc) is 3.18. The maximum absolute atomic E-state index is 12.4. The minimum absolute atomic E-state index is 0. The summed E-state index contributed by atoms with van der Waals surface area (Å²) in [6, 6.07) is 0.0385. The number of hydrogen-bond acceptors (Lipinski definition) is 3. The van der Waals surface area contributed by atoms with E-state index in [1.165, 1.54) is 6.92 Å². The van der Waals surface area contributed by atoms with E-state index in [4.69, 9.17) is 5.73 Å². The lowest BCUT2D eigenvalue weighted by atomic mass is 10.0. The molecule has 0 bridgehead atoms. The van der Waals surface area contributed by atoms with Crippen LogP contribution < -0.4 is 11.1 Å². The Hall–Kier alpha value is -1.33. The lowest BCUT2D eigenvalue weighted by Crippen LogP contribution is -2.42. The molecule has 0 spiro atoms. The number of aromatic amines is 1. The molecule has 1 aliphatic carbocycles. The Balaban J connectivity index is 0.00000220. The van der Waals surface area contributed by atoms with E-state index in [0.717, 1.165) is 24.1 Å². The number of ketones is 1. The number of nitrogens with one attached hydrogen (secondary N) is 2. The number of carbonyl (C=O) groups is 2. The summed E-state index contributed by atoms with van der Waals surface area (Å²) in [5.41, 5.74) is 8.43. The first-order valence-electron chi connectivity index (χ1n) is 7.22. The predicted octanol–water partition coefficient (Wildman–Crippen LogP) is 1.98. The number of halogens is 1. The molecule has 0 aromatic carbocycles. The van der Waals surface area contributed by atoms with Crippen LogP contribution in [0.3, 0.4) is 0 Å². The van der Waals surface area contributed by atoms with E-state index >= 15 is 0 Å². The fraction of sp³-hybridized carbons (Fsp3) is 0.600. The van der Waals surface area contributed by atoms with Crippen LogP contribution in [0.1, 0.15) is 58.8 Å². The van der Waals surface area contributed by atoms with Gasteiger partial charge in [0.1, 0.15) is 5.69 Å². The standard InChI is InChI=1S/C15H23N3O2.ClH/c1-4-11-13(9(3)19)8(2)17-14(11)15(20)18-12(7-16)10-5-6-10;/h10,12,17H,4-7,16H2,1-3H3,(H,18,20);1H. The molecule has 5 nitrogen and oxygen atoms in total. The summed E-state index contributed by atoms with van der Waals surface area (Å²) in [7, 11) is 0. The lowest BCUT2D eigenvalue weighted by Gasteiger charge is -2.16. The molecule has 1 aliphatic rings. The van der Waals surface area contributed by atoms with E-state index in [-0.39, 0.29) is 30.1 Å². The van der Waals surface area contributed by atoms with Crippen LogP contribution in [0.5, 0.6) is 0 Å². The second kappa shape index (κ2) is 7.09. The summed E-state index contributed by atoms with van der Waals surface area (Å²) in [5.74, 6) is 0.351. The maximum atomic E-state index is 12.4. The van der Waals surface area contributed by atoms with E-state index in [1.54, 1.807) is 0 Å². The predicted molar refractivity (Wildman–Crippen MR) is 85.2 cm³/mol. The van der Waals surface area contributed by atoms with Crippen LogP contribution in [0.15, 0.2) is 0 Å². The zero-order chi connectivity index (χ0) is 14.9. The van der Waals surface area contributed by atoms with Crippen molar-refractivity contribution >= 4 is 24.1 Å². The number of Topliss-reactive ketones (excluding diaryl/α,β-unsaturated/α-hetero) is 1. The number of aryl methyl sites for hydroxylation is 1. The molecule has 4 N–H and O–H groups in total. The van der Waals surface area contributed by atoms with Crippen molar-refractivity contribution in [3.63, 3.8) is 0 Å². The van der Waals surface area contributed by atoms with Gasteiger partial charge < -0.3 is 16.0 Å². The van der Waals surface area contributed by atoms with Gasteiger partial charge in [-0.15, -0.1) is 12.4 Å². The van der Waals surface area contributed by atoms with E-state index < -0.39 is 0 Å². The van der Waals surface area contributed by atoms with Crippen LogP contribution in [0, 0.1) is 12.8 Å². The van der Waals surface area contributed by atoms with Crippen LogP contribution in [0.4, 0.5) is 0 Å². The second-order valence-electron chi connectivity index (χ2n) is 5.54. The average molecular weight is 314 g/mol. The number of nitrogens with two attached hydrogens (primary N) is 1. The van der Waals surface area contributed by atoms with Gasteiger partial charge in [0.05, 0.1) is 0 Å². The second-order valence-corrected chi connectivity index (χ2v) is 5.54. The third kappa shape index (κ3) is 3.66. The molecule has 1 heterocycles. The third-order valence-electron chi connectivity index (χ3n) is 3.99. The van der Waals surface area contributed by atoms with Gasteiger partial charge in [-0.05, 0) is 44.6 Å². The first-order chi connectivity index (χ1) is 9.49. The fourth-order valence-electron chi connectivity index (χ4n) is 2.81. The molecule has 1 atom stereocenters.